The molecule has 25 heavy (non-hydrogen) atoms. The van der Waals surface area contributed by atoms with Gasteiger partial charge in [-0.25, -0.2) is 14.4 Å². The highest BCUT2D eigenvalue weighted by Crippen LogP contribution is 2.42. The first kappa shape index (κ1) is 16.0. The highest BCUT2D eigenvalue weighted by Gasteiger charge is 2.56. The number of aryl methyl sites for hydroxylation is 1. The zero-order valence-electron chi connectivity index (χ0n) is 13.8. The van der Waals surface area contributed by atoms with E-state index >= 15 is 0 Å². The molecule has 0 unspecified atom stereocenters. The maximum Gasteiger partial charge on any atom is 0.314 e. The van der Waals surface area contributed by atoms with Crippen LogP contribution in [0.4, 0.5) is 10.3 Å². The third kappa shape index (κ3) is 2.46. The van der Waals surface area contributed by atoms with Gasteiger partial charge in [-0.05, 0) is 24.6 Å². The normalized spacial score (nSPS) is 25.2. The molecular formula is C18H18FN3O3. The Kier molecular flexibility index (Phi) is 3.68. The lowest BCUT2D eigenvalue weighted by Gasteiger charge is -2.22. The molecule has 0 bridgehead atoms. The van der Waals surface area contributed by atoms with E-state index in [9.17, 15) is 14.3 Å². The second-order valence-corrected chi connectivity index (χ2v) is 6.74. The van der Waals surface area contributed by atoms with E-state index < -0.39 is 11.4 Å². The van der Waals surface area contributed by atoms with Gasteiger partial charge in [0.25, 0.3) is 0 Å². The van der Waals surface area contributed by atoms with Crippen molar-refractivity contribution in [3.8, 4) is 11.3 Å². The van der Waals surface area contributed by atoms with Crippen LogP contribution in [-0.4, -0.2) is 47.3 Å². The monoisotopic (exact) mass is 343 g/mol. The highest BCUT2D eigenvalue weighted by molar-refractivity contribution is 5.78. The second-order valence-electron chi connectivity index (χ2n) is 6.74. The van der Waals surface area contributed by atoms with Crippen molar-refractivity contribution >= 4 is 11.9 Å². The highest BCUT2D eigenvalue weighted by atomic mass is 19.1. The maximum absolute atomic E-state index is 14.2. The van der Waals surface area contributed by atoms with Gasteiger partial charge in [-0.3, -0.25) is 4.79 Å². The molecule has 7 heteroatoms. The molecule has 0 saturated carbocycles. The lowest BCUT2D eigenvalue weighted by Crippen LogP contribution is -2.39. The molecule has 2 fully saturated rings. The van der Waals surface area contributed by atoms with E-state index in [4.69, 9.17) is 4.74 Å². The SMILES string of the molecule is Cc1cnc(N2C[C@@H]3COC[C@]3(C(=O)O)C2)nc1-c1ccccc1F. The van der Waals surface area contributed by atoms with E-state index in [0.29, 0.717) is 36.9 Å². The van der Waals surface area contributed by atoms with Gasteiger partial charge in [0.15, 0.2) is 0 Å². The summed E-state index contributed by atoms with van der Waals surface area (Å²) in [7, 11) is 0. The van der Waals surface area contributed by atoms with E-state index in [1.807, 2.05) is 11.8 Å². The van der Waals surface area contributed by atoms with Gasteiger partial charge in [0, 0.05) is 30.8 Å². The van der Waals surface area contributed by atoms with Crippen molar-refractivity contribution in [3.05, 3.63) is 41.8 Å². The Balaban J connectivity index is 1.70. The molecule has 0 aliphatic carbocycles. The van der Waals surface area contributed by atoms with Crippen LogP contribution in [0.15, 0.2) is 30.5 Å². The van der Waals surface area contributed by atoms with Crippen molar-refractivity contribution in [1.29, 1.82) is 0 Å². The Labute approximate surface area is 144 Å². The molecule has 0 spiro atoms. The molecule has 1 aromatic carbocycles. The topological polar surface area (TPSA) is 75.6 Å². The van der Waals surface area contributed by atoms with E-state index in [1.54, 1.807) is 24.4 Å². The van der Waals surface area contributed by atoms with Crippen molar-refractivity contribution in [2.75, 3.05) is 31.2 Å². The average molecular weight is 343 g/mol. The van der Waals surface area contributed by atoms with E-state index in [2.05, 4.69) is 9.97 Å². The van der Waals surface area contributed by atoms with Gasteiger partial charge < -0.3 is 14.7 Å². The Hall–Kier alpha value is -2.54. The summed E-state index contributed by atoms with van der Waals surface area (Å²) in [4.78, 5) is 22.5. The first-order valence-electron chi connectivity index (χ1n) is 8.16. The number of carboxylic acids is 1. The molecule has 2 atom stereocenters. The van der Waals surface area contributed by atoms with Crippen LogP contribution in [0.25, 0.3) is 11.3 Å². The van der Waals surface area contributed by atoms with Gasteiger partial charge in [0.05, 0.1) is 18.9 Å². The fourth-order valence-electron chi connectivity index (χ4n) is 3.70. The lowest BCUT2D eigenvalue weighted by molar-refractivity contribution is -0.149. The Bertz CT molecular complexity index is 844. The van der Waals surface area contributed by atoms with Crippen LogP contribution in [0.5, 0.6) is 0 Å². The van der Waals surface area contributed by atoms with Crippen molar-refractivity contribution < 1.29 is 19.0 Å². The summed E-state index contributed by atoms with van der Waals surface area (Å²) < 4.78 is 19.5. The number of halogens is 1. The van der Waals surface area contributed by atoms with Crippen LogP contribution >= 0.6 is 0 Å². The quantitative estimate of drug-likeness (QED) is 0.920. The fraction of sp³-hybridized carbons (Fsp3) is 0.389. The minimum atomic E-state index is -0.910. The largest absolute Gasteiger partial charge is 0.481 e. The number of hydrogen-bond donors (Lipinski definition) is 1. The summed E-state index contributed by atoms with van der Waals surface area (Å²) in [5.41, 5.74) is 0.802. The molecular weight excluding hydrogens is 325 g/mol. The number of ether oxygens (including phenoxy) is 1. The number of carbonyl (C=O) groups is 1. The van der Waals surface area contributed by atoms with Crippen molar-refractivity contribution in [2.24, 2.45) is 11.3 Å². The van der Waals surface area contributed by atoms with Crippen molar-refractivity contribution in [2.45, 2.75) is 6.92 Å². The molecule has 3 heterocycles. The predicted molar refractivity (Wildman–Crippen MR) is 88.8 cm³/mol. The molecule has 2 aliphatic rings. The number of aromatic nitrogens is 2. The number of aliphatic carboxylic acids is 1. The number of carboxylic acid groups (broad SMARTS) is 1. The summed E-state index contributed by atoms with van der Waals surface area (Å²) in [6.45, 7) is 3.28. The number of benzene rings is 1. The molecule has 2 aromatic rings. The third-order valence-electron chi connectivity index (χ3n) is 5.17. The summed E-state index contributed by atoms with van der Waals surface area (Å²) in [6, 6.07) is 6.47. The van der Waals surface area contributed by atoms with Gasteiger partial charge in [0.1, 0.15) is 11.2 Å². The zero-order chi connectivity index (χ0) is 17.6. The number of nitrogens with zero attached hydrogens (tertiary/aromatic N) is 3. The first-order chi connectivity index (χ1) is 12.0. The summed E-state index contributed by atoms with van der Waals surface area (Å²) in [5.74, 6) is -0.853. The second kappa shape index (κ2) is 5.77. The van der Waals surface area contributed by atoms with E-state index in [1.165, 1.54) is 6.07 Å². The molecule has 130 valence electrons. The van der Waals surface area contributed by atoms with Gasteiger partial charge in [-0.1, -0.05) is 12.1 Å². The number of fused-ring (bicyclic) bond motifs is 1. The van der Waals surface area contributed by atoms with Crippen molar-refractivity contribution in [3.63, 3.8) is 0 Å². The maximum atomic E-state index is 14.2. The Morgan fingerprint density at radius 2 is 2.24 bits per heavy atom. The molecule has 2 aliphatic heterocycles. The Morgan fingerprint density at radius 3 is 2.96 bits per heavy atom. The molecule has 1 aromatic heterocycles. The number of hydrogen-bond acceptors (Lipinski definition) is 5. The van der Waals surface area contributed by atoms with Crippen LogP contribution in [0.2, 0.25) is 0 Å². The molecule has 0 radical (unpaired) electrons. The van der Waals surface area contributed by atoms with Crippen LogP contribution in [0.1, 0.15) is 5.56 Å². The van der Waals surface area contributed by atoms with Crippen LogP contribution in [0, 0.1) is 24.1 Å². The average Bonchev–Trinajstić information content (AvgIpc) is 3.14. The number of rotatable bonds is 3. The van der Waals surface area contributed by atoms with Gasteiger partial charge in [-0.2, -0.15) is 0 Å². The molecule has 2 saturated heterocycles. The smallest absolute Gasteiger partial charge is 0.314 e. The molecule has 6 nitrogen and oxygen atoms in total. The first-order valence-corrected chi connectivity index (χ1v) is 8.16. The van der Waals surface area contributed by atoms with Crippen molar-refractivity contribution in [1.82, 2.24) is 9.97 Å². The summed E-state index contributed by atoms with van der Waals surface area (Å²) >= 11 is 0. The standard InChI is InChI=1S/C18H18FN3O3/c1-11-6-20-17(21-15(11)13-4-2-3-5-14(13)19)22-7-12-8-25-10-18(12,9-22)16(23)24/h2-6,12H,7-10H2,1H3,(H,23,24)/t12-,18-/m1/s1. The van der Waals surface area contributed by atoms with Gasteiger partial charge >= 0.3 is 5.97 Å². The Morgan fingerprint density at radius 1 is 1.44 bits per heavy atom. The minimum Gasteiger partial charge on any atom is -0.481 e. The van der Waals surface area contributed by atoms with Crippen LogP contribution in [0.3, 0.4) is 0 Å². The van der Waals surface area contributed by atoms with Crippen LogP contribution in [-0.2, 0) is 9.53 Å². The van der Waals surface area contributed by atoms with E-state index in [0.717, 1.165) is 5.56 Å². The molecule has 4 rings (SSSR count). The summed E-state index contributed by atoms with van der Waals surface area (Å²) in [5, 5.41) is 9.65. The number of anilines is 1. The lowest BCUT2D eigenvalue weighted by atomic mass is 9.81. The fourth-order valence-corrected chi connectivity index (χ4v) is 3.70. The zero-order valence-corrected chi connectivity index (χ0v) is 13.8. The van der Waals surface area contributed by atoms with Crippen LogP contribution < -0.4 is 4.90 Å². The molecule has 0 amide bonds. The van der Waals surface area contributed by atoms with E-state index in [-0.39, 0.29) is 18.3 Å². The molecule has 1 N–H and O–H groups in total. The van der Waals surface area contributed by atoms with Gasteiger partial charge in [-0.15, -0.1) is 0 Å². The predicted octanol–water partition coefficient (Wildman–Crippen LogP) is 2.13. The summed E-state index contributed by atoms with van der Waals surface area (Å²) in [6.07, 6.45) is 1.65. The minimum absolute atomic E-state index is 0.0909. The van der Waals surface area contributed by atoms with Gasteiger partial charge in [0.2, 0.25) is 5.95 Å². The third-order valence-corrected chi connectivity index (χ3v) is 5.17.